The Morgan fingerprint density at radius 1 is 0.333 bits per heavy atom. The fraction of sp³-hybridized carbons (Fsp3) is 0.944. The first-order chi connectivity index (χ1) is 29.3. The minimum atomic E-state index is -0.763. The van der Waals surface area contributed by atoms with Gasteiger partial charge in [-0.05, 0) is 31.1 Å². The fourth-order valence-electron chi connectivity index (χ4n) is 8.10. The molecule has 0 radical (unpaired) electrons. The topological polar surface area (TPSA) is 78.9 Å². The summed E-state index contributed by atoms with van der Waals surface area (Å²) < 4.78 is 16.8. The van der Waals surface area contributed by atoms with E-state index < -0.39 is 6.10 Å². The van der Waals surface area contributed by atoms with E-state index in [2.05, 4.69) is 34.6 Å². The van der Waals surface area contributed by atoms with Crippen LogP contribution in [0.2, 0.25) is 0 Å². The molecular formula is C54H104O6. The van der Waals surface area contributed by atoms with Crippen molar-refractivity contribution in [1.29, 1.82) is 0 Å². The van der Waals surface area contributed by atoms with E-state index >= 15 is 0 Å². The molecule has 0 N–H and O–H groups in total. The molecule has 0 amide bonds. The van der Waals surface area contributed by atoms with Gasteiger partial charge in [0.25, 0.3) is 0 Å². The molecule has 0 aliphatic rings. The summed E-state index contributed by atoms with van der Waals surface area (Å²) in [6.07, 6.45) is 48.0. The fourth-order valence-corrected chi connectivity index (χ4v) is 8.10. The van der Waals surface area contributed by atoms with Gasteiger partial charge in [-0.2, -0.15) is 0 Å². The third-order valence-electron chi connectivity index (χ3n) is 12.9. The Labute approximate surface area is 374 Å². The minimum absolute atomic E-state index is 0.0643. The molecule has 0 aliphatic heterocycles. The molecule has 0 rings (SSSR count). The van der Waals surface area contributed by atoms with Gasteiger partial charge in [-0.3, -0.25) is 14.4 Å². The van der Waals surface area contributed by atoms with Crippen LogP contribution in [0.15, 0.2) is 0 Å². The van der Waals surface area contributed by atoms with Gasteiger partial charge in [0.15, 0.2) is 6.10 Å². The maximum absolute atomic E-state index is 12.8. The lowest BCUT2D eigenvalue weighted by Gasteiger charge is -2.18. The molecule has 0 aromatic carbocycles. The van der Waals surface area contributed by atoms with Crippen LogP contribution in [0.5, 0.6) is 0 Å². The zero-order valence-corrected chi connectivity index (χ0v) is 41.1. The number of hydrogen-bond acceptors (Lipinski definition) is 6. The first kappa shape index (κ1) is 58.4. The van der Waals surface area contributed by atoms with Gasteiger partial charge in [-0.15, -0.1) is 0 Å². The van der Waals surface area contributed by atoms with E-state index in [0.29, 0.717) is 19.3 Å². The quantitative estimate of drug-likeness (QED) is 0.0345. The summed E-state index contributed by atoms with van der Waals surface area (Å²) in [6.45, 7) is 11.4. The van der Waals surface area contributed by atoms with Crippen LogP contribution in [-0.2, 0) is 28.6 Å². The Morgan fingerprint density at radius 3 is 0.867 bits per heavy atom. The lowest BCUT2D eigenvalue weighted by molar-refractivity contribution is -0.167. The number of carbonyl (C=O) groups excluding carboxylic acids is 3. The second-order valence-electron chi connectivity index (χ2n) is 19.0. The predicted molar refractivity (Wildman–Crippen MR) is 256 cm³/mol. The van der Waals surface area contributed by atoms with Crippen LogP contribution in [0.4, 0.5) is 0 Å². The Bertz CT molecular complexity index is 920. The van der Waals surface area contributed by atoms with Crippen molar-refractivity contribution < 1.29 is 28.6 Å². The molecule has 6 heteroatoms. The summed E-state index contributed by atoms with van der Waals surface area (Å²) in [6, 6.07) is 0. The largest absolute Gasteiger partial charge is 0.462 e. The van der Waals surface area contributed by atoms with Crippen LogP contribution in [0.25, 0.3) is 0 Å². The Kier molecular flexibility index (Phi) is 45.7. The number of hydrogen-bond donors (Lipinski definition) is 0. The lowest BCUT2D eigenvalue weighted by Crippen LogP contribution is -2.30. The molecule has 0 saturated carbocycles. The summed E-state index contributed by atoms with van der Waals surface area (Å²) in [5, 5.41) is 0. The van der Waals surface area contributed by atoms with Gasteiger partial charge in [-0.25, -0.2) is 0 Å². The van der Waals surface area contributed by atoms with E-state index in [-0.39, 0.29) is 31.1 Å². The predicted octanol–water partition coefficient (Wildman–Crippen LogP) is 17.3. The van der Waals surface area contributed by atoms with Crippen LogP contribution in [-0.4, -0.2) is 37.2 Å². The van der Waals surface area contributed by atoms with Crippen molar-refractivity contribution in [3.05, 3.63) is 0 Å². The molecular weight excluding hydrogens is 745 g/mol. The summed E-state index contributed by atoms with van der Waals surface area (Å²) >= 11 is 0. The summed E-state index contributed by atoms with van der Waals surface area (Å²) in [7, 11) is 0. The minimum Gasteiger partial charge on any atom is -0.462 e. The van der Waals surface area contributed by atoms with E-state index in [4.69, 9.17) is 14.2 Å². The zero-order valence-electron chi connectivity index (χ0n) is 41.1. The molecule has 0 bridgehead atoms. The third-order valence-corrected chi connectivity index (χ3v) is 12.9. The lowest BCUT2D eigenvalue weighted by atomic mass is 9.99. The Morgan fingerprint density at radius 2 is 0.583 bits per heavy atom. The molecule has 2 unspecified atom stereocenters. The van der Waals surface area contributed by atoms with Gasteiger partial charge in [0.05, 0.1) is 0 Å². The number of carbonyl (C=O) groups is 3. The highest BCUT2D eigenvalue weighted by Gasteiger charge is 2.19. The van der Waals surface area contributed by atoms with E-state index in [0.717, 1.165) is 69.6 Å². The standard InChI is InChI=1S/C54H104O6/c1-6-9-10-11-12-13-14-15-16-17-18-19-20-21-25-28-34-39-44-52(55)58-47-51(48-59-53(56)45-40-35-31-30-33-38-43-50(5)8-3)60-54(57)46-41-36-29-26-23-22-24-27-32-37-42-49(4)7-2/h49-51H,6-48H2,1-5H3/t49?,50?,51-/m0/s1. The number of ether oxygens (including phenoxy) is 3. The number of unbranched alkanes of at least 4 members (excludes halogenated alkanes) is 31. The van der Waals surface area contributed by atoms with Gasteiger partial charge in [0, 0.05) is 19.3 Å². The van der Waals surface area contributed by atoms with Crippen LogP contribution >= 0.6 is 0 Å². The van der Waals surface area contributed by atoms with Crippen molar-refractivity contribution in [1.82, 2.24) is 0 Å². The first-order valence-corrected chi connectivity index (χ1v) is 26.8. The van der Waals surface area contributed by atoms with Gasteiger partial charge in [0.1, 0.15) is 13.2 Å². The van der Waals surface area contributed by atoms with Crippen molar-refractivity contribution >= 4 is 17.9 Å². The smallest absolute Gasteiger partial charge is 0.306 e. The summed E-state index contributed by atoms with van der Waals surface area (Å²) in [5.41, 5.74) is 0. The van der Waals surface area contributed by atoms with Gasteiger partial charge in [-0.1, -0.05) is 259 Å². The van der Waals surface area contributed by atoms with Crippen molar-refractivity contribution in [2.45, 2.75) is 304 Å². The van der Waals surface area contributed by atoms with E-state index in [1.54, 1.807) is 0 Å². The van der Waals surface area contributed by atoms with Crippen LogP contribution < -0.4 is 0 Å². The van der Waals surface area contributed by atoms with Gasteiger partial charge in [0.2, 0.25) is 0 Å². The highest BCUT2D eigenvalue weighted by Crippen LogP contribution is 2.18. The highest BCUT2D eigenvalue weighted by molar-refractivity contribution is 5.71. The van der Waals surface area contributed by atoms with Gasteiger partial charge < -0.3 is 14.2 Å². The van der Waals surface area contributed by atoms with Crippen molar-refractivity contribution in [3.8, 4) is 0 Å². The van der Waals surface area contributed by atoms with E-state index in [1.807, 2.05) is 0 Å². The Balaban J connectivity index is 4.27. The van der Waals surface area contributed by atoms with Crippen molar-refractivity contribution in [2.75, 3.05) is 13.2 Å². The molecule has 0 spiro atoms. The number of rotatable bonds is 48. The SMILES string of the molecule is CCCCCCCCCCCCCCCCCCCCC(=O)OC[C@@H](COC(=O)CCCCCCCCC(C)CC)OC(=O)CCCCCCCCCCCCC(C)CC. The second-order valence-corrected chi connectivity index (χ2v) is 19.0. The zero-order chi connectivity index (χ0) is 44.0. The van der Waals surface area contributed by atoms with E-state index in [9.17, 15) is 14.4 Å². The molecule has 0 heterocycles. The summed E-state index contributed by atoms with van der Waals surface area (Å²) in [5.74, 6) is 0.831. The molecule has 0 aliphatic carbocycles. The number of esters is 3. The summed E-state index contributed by atoms with van der Waals surface area (Å²) in [4.78, 5) is 38.0. The molecule has 0 fully saturated rings. The van der Waals surface area contributed by atoms with Crippen LogP contribution in [0.1, 0.15) is 298 Å². The molecule has 0 saturated heterocycles. The monoisotopic (exact) mass is 849 g/mol. The average molecular weight is 849 g/mol. The Hall–Kier alpha value is -1.59. The molecule has 0 aromatic rings. The highest BCUT2D eigenvalue weighted by atomic mass is 16.6. The van der Waals surface area contributed by atoms with Crippen molar-refractivity contribution in [2.24, 2.45) is 11.8 Å². The molecule has 60 heavy (non-hydrogen) atoms. The van der Waals surface area contributed by atoms with E-state index in [1.165, 1.54) is 186 Å². The molecule has 356 valence electrons. The first-order valence-electron chi connectivity index (χ1n) is 26.8. The normalized spacial score (nSPS) is 12.9. The molecule has 0 aromatic heterocycles. The van der Waals surface area contributed by atoms with Crippen molar-refractivity contribution in [3.63, 3.8) is 0 Å². The maximum atomic E-state index is 12.8. The van der Waals surface area contributed by atoms with Crippen LogP contribution in [0, 0.1) is 11.8 Å². The van der Waals surface area contributed by atoms with Gasteiger partial charge >= 0.3 is 17.9 Å². The molecule has 3 atom stereocenters. The molecule has 6 nitrogen and oxygen atoms in total. The van der Waals surface area contributed by atoms with Crippen LogP contribution in [0.3, 0.4) is 0 Å². The average Bonchev–Trinajstić information content (AvgIpc) is 3.25. The third kappa shape index (κ3) is 44.5. The second kappa shape index (κ2) is 46.9. The maximum Gasteiger partial charge on any atom is 0.306 e.